The van der Waals surface area contributed by atoms with Crippen molar-refractivity contribution in [1.82, 2.24) is 10.6 Å². The van der Waals surface area contributed by atoms with E-state index in [1.54, 1.807) is 7.11 Å². The molecule has 0 aromatic heterocycles. The number of rotatable bonds is 6. The van der Waals surface area contributed by atoms with Gasteiger partial charge in [0.05, 0.1) is 13.2 Å². The molecule has 0 spiro atoms. The summed E-state index contributed by atoms with van der Waals surface area (Å²) in [6.07, 6.45) is 4.41. The molecule has 1 aliphatic carbocycles. The highest BCUT2D eigenvalue weighted by molar-refractivity contribution is 5.73. The monoisotopic (exact) mass is 320 g/mol. The van der Waals surface area contributed by atoms with Crippen LogP contribution in [0.5, 0.6) is 5.75 Å². The molecule has 1 aromatic rings. The lowest BCUT2D eigenvalue weighted by Crippen LogP contribution is -2.47. The van der Waals surface area contributed by atoms with Crippen molar-refractivity contribution in [3.63, 3.8) is 0 Å². The standard InChI is InChI=1S/C18H28N2O3/c1-18(10-4-3-8-16(18)21)13-20-17(22)19-11-9-14-6-5-7-15(12-14)23-2/h5-7,12,16,21H,3-4,8-11,13H2,1-2H3,(H2,19,20,22). The van der Waals surface area contributed by atoms with Crippen molar-refractivity contribution in [2.24, 2.45) is 5.41 Å². The van der Waals surface area contributed by atoms with Crippen molar-refractivity contribution in [1.29, 1.82) is 0 Å². The number of aliphatic hydroxyl groups is 1. The van der Waals surface area contributed by atoms with Gasteiger partial charge < -0.3 is 20.5 Å². The number of aliphatic hydroxyl groups excluding tert-OH is 1. The van der Waals surface area contributed by atoms with Gasteiger partial charge in [-0.3, -0.25) is 0 Å². The van der Waals surface area contributed by atoms with Gasteiger partial charge in [-0.15, -0.1) is 0 Å². The molecule has 3 N–H and O–H groups in total. The summed E-state index contributed by atoms with van der Waals surface area (Å²) in [6, 6.07) is 7.66. The zero-order chi connectivity index (χ0) is 16.7. The maximum absolute atomic E-state index is 11.9. The summed E-state index contributed by atoms with van der Waals surface area (Å²) in [6.45, 7) is 3.13. The van der Waals surface area contributed by atoms with Crippen LogP contribution in [0.25, 0.3) is 0 Å². The first-order chi connectivity index (χ1) is 11.0. The van der Waals surface area contributed by atoms with Gasteiger partial charge >= 0.3 is 6.03 Å². The van der Waals surface area contributed by atoms with E-state index in [0.29, 0.717) is 13.1 Å². The zero-order valence-electron chi connectivity index (χ0n) is 14.1. The average molecular weight is 320 g/mol. The fraction of sp³-hybridized carbons (Fsp3) is 0.611. The van der Waals surface area contributed by atoms with Crippen LogP contribution < -0.4 is 15.4 Å². The molecule has 5 nitrogen and oxygen atoms in total. The summed E-state index contributed by atoms with van der Waals surface area (Å²) in [7, 11) is 1.64. The number of hydrogen-bond donors (Lipinski definition) is 3. The van der Waals surface area contributed by atoms with Crippen molar-refractivity contribution >= 4 is 6.03 Å². The molecule has 23 heavy (non-hydrogen) atoms. The maximum Gasteiger partial charge on any atom is 0.314 e. The van der Waals surface area contributed by atoms with Crippen LogP contribution in [0.15, 0.2) is 24.3 Å². The number of nitrogens with one attached hydrogen (secondary N) is 2. The molecule has 0 radical (unpaired) electrons. The van der Waals surface area contributed by atoms with Crippen LogP contribution >= 0.6 is 0 Å². The normalized spacial score (nSPS) is 24.0. The highest BCUT2D eigenvalue weighted by Gasteiger charge is 2.35. The van der Waals surface area contributed by atoms with Gasteiger partial charge in [-0.1, -0.05) is 31.9 Å². The molecule has 2 unspecified atom stereocenters. The van der Waals surface area contributed by atoms with E-state index in [2.05, 4.69) is 10.6 Å². The molecule has 1 aliphatic rings. The number of urea groups is 1. The van der Waals surface area contributed by atoms with Crippen molar-refractivity contribution in [2.45, 2.75) is 45.1 Å². The van der Waals surface area contributed by atoms with E-state index in [9.17, 15) is 9.90 Å². The van der Waals surface area contributed by atoms with Gasteiger partial charge in [-0.05, 0) is 37.0 Å². The second-order valence-electron chi connectivity index (χ2n) is 6.63. The molecule has 2 rings (SSSR count). The SMILES string of the molecule is COc1cccc(CCNC(=O)NCC2(C)CCCCC2O)c1. The number of benzene rings is 1. The predicted molar refractivity (Wildman–Crippen MR) is 90.7 cm³/mol. The Bertz CT molecular complexity index is 521. The van der Waals surface area contributed by atoms with E-state index in [4.69, 9.17) is 4.74 Å². The van der Waals surface area contributed by atoms with E-state index >= 15 is 0 Å². The van der Waals surface area contributed by atoms with E-state index < -0.39 is 0 Å². The molecule has 1 aromatic carbocycles. The minimum atomic E-state index is -0.326. The molecule has 2 atom stereocenters. The van der Waals surface area contributed by atoms with Crippen LogP contribution in [-0.4, -0.2) is 37.4 Å². The number of carbonyl (C=O) groups is 1. The number of methoxy groups -OCH3 is 1. The van der Waals surface area contributed by atoms with Crippen LogP contribution in [0.1, 0.15) is 38.2 Å². The molecule has 1 fully saturated rings. The van der Waals surface area contributed by atoms with Crippen LogP contribution in [0.4, 0.5) is 4.79 Å². The summed E-state index contributed by atoms with van der Waals surface area (Å²) < 4.78 is 5.19. The van der Waals surface area contributed by atoms with Gasteiger partial charge in [0.1, 0.15) is 5.75 Å². The number of amides is 2. The Morgan fingerprint density at radius 3 is 2.96 bits per heavy atom. The fourth-order valence-electron chi connectivity index (χ4n) is 3.08. The second kappa shape index (κ2) is 8.20. The van der Waals surface area contributed by atoms with Gasteiger partial charge in [0.25, 0.3) is 0 Å². The van der Waals surface area contributed by atoms with E-state index in [-0.39, 0.29) is 17.6 Å². The summed E-state index contributed by atoms with van der Waals surface area (Å²) >= 11 is 0. The number of carbonyl (C=O) groups excluding carboxylic acids is 1. The lowest BCUT2D eigenvalue weighted by Gasteiger charge is -2.38. The topological polar surface area (TPSA) is 70.6 Å². The van der Waals surface area contributed by atoms with Gasteiger partial charge in [-0.25, -0.2) is 4.79 Å². The van der Waals surface area contributed by atoms with Crippen LogP contribution in [0.3, 0.4) is 0 Å². The minimum absolute atomic E-state index is 0.174. The zero-order valence-corrected chi connectivity index (χ0v) is 14.1. The van der Waals surface area contributed by atoms with Crippen molar-refractivity contribution < 1.29 is 14.6 Å². The Morgan fingerprint density at radius 1 is 1.39 bits per heavy atom. The summed E-state index contributed by atoms with van der Waals surface area (Å²) in [5.74, 6) is 0.825. The maximum atomic E-state index is 11.9. The lowest BCUT2D eigenvalue weighted by atomic mass is 9.73. The summed E-state index contributed by atoms with van der Waals surface area (Å²) in [4.78, 5) is 11.9. The third-order valence-corrected chi connectivity index (χ3v) is 4.77. The Morgan fingerprint density at radius 2 is 2.22 bits per heavy atom. The second-order valence-corrected chi connectivity index (χ2v) is 6.63. The smallest absolute Gasteiger partial charge is 0.314 e. The first kappa shape index (κ1) is 17.6. The summed E-state index contributed by atoms with van der Waals surface area (Å²) in [5, 5.41) is 15.9. The molecule has 0 aliphatic heterocycles. The van der Waals surface area contributed by atoms with E-state index in [1.807, 2.05) is 31.2 Å². The Labute approximate surface area is 138 Å². The van der Waals surface area contributed by atoms with E-state index in [1.165, 1.54) is 0 Å². The molecule has 5 heteroatoms. The third kappa shape index (κ3) is 5.13. The fourth-order valence-corrected chi connectivity index (χ4v) is 3.08. The molecule has 2 amide bonds. The number of ether oxygens (including phenoxy) is 1. The van der Waals surface area contributed by atoms with Crippen LogP contribution in [-0.2, 0) is 6.42 Å². The van der Waals surface area contributed by atoms with Gasteiger partial charge in [0.2, 0.25) is 0 Å². The number of hydrogen-bond acceptors (Lipinski definition) is 3. The summed E-state index contributed by atoms with van der Waals surface area (Å²) in [5.41, 5.74) is 0.918. The highest BCUT2D eigenvalue weighted by Crippen LogP contribution is 2.35. The Balaban J connectivity index is 1.70. The highest BCUT2D eigenvalue weighted by atomic mass is 16.5. The Hall–Kier alpha value is -1.75. The molecule has 1 saturated carbocycles. The molecular formula is C18H28N2O3. The van der Waals surface area contributed by atoms with Crippen LogP contribution in [0.2, 0.25) is 0 Å². The quantitative estimate of drug-likeness (QED) is 0.754. The largest absolute Gasteiger partial charge is 0.497 e. The molecular weight excluding hydrogens is 292 g/mol. The van der Waals surface area contributed by atoms with E-state index in [0.717, 1.165) is 43.4 Å². The minimum Gasteiger partial charge on any atom is -0.497 e. The molecule has 128 valence electrons. The van der Waals surface area contributed by atoms with Crippen molar-refractivity contribution in [3.8, 4) is 5.75 Å². The van der Waals surface area contributed by atoms with Gasteiger partial charge in [0.15, 0.2) is 0 Å². The van der Waals surface area contributed by atoms with Crippen molar-refractivity contribution in [3.05, 3.63) is 29.8 Å². The lowest BCUT2D eigenvalue weighted by molar-refractivity contribution is 0.00310. The predicted octanol–water partition coefficient (Wildman–Crippen LogP) is 2.48. The molecule has 0 bridgehead atoms. The van der Waals surface area contributed by atoms with Gasteiger partial charge in [0, 0.05) is 18.5 Å². The molecule has 0 heterocycles. The first-order valence-electron chi connectivity index (χ1n) is 8.36. The van der Waals surface area contributed by atoms with Gasteiger partial charge in [-0.2, -0.15) is 0 Å². The third-order valence-electron chi connectivity index (χ3n) is 4.77. The van der Waals surface area contributed by atoms with Crippen molar-refractivity contribution in [2.75, 3.05) is 20.2 Å². The Kier molecular flexibility index (Phi) is 6.28. The molecule has 0 saturated heterocycles. The van der Waals surface area contributed by atoms with Crippen LogP contribution in [0, 0.1) is 5.41 Å². The first-order valence-corrected chi connectivity index (χ1v) is 8.36. The average Bonchev–Trinajstić information content (AvgIpc) is 2.56.